The van der Waals surface area contributed by atoms with Crippen molar-refractivity contribution >= 4 is 17.8 Å². The Morgan fingerprint density at radius 1 is 0.938 bits per heavy atom. The summed E-state index contributed by atoms with van der Waals surface area (Å²) < 4.78 is 18.8. The minimum atomic E-state index is -1.07. The number of allylic oxidation sites excluding steroid dienone is 2. The van der Waals surface area contributed by atoms with Crippen LogP contribution in [0.3, 0.4) is 0 Å². The van der Waals surface area contributed by atoms with Crippen LogP contribution in [0.15, 0.2) is 66.7 Å². The van der Waals surface area contributed by atoms with Gasteiger partial charge in [0, 0.05) is 6.42 Å². The van der Waals surface area contributed by atoms with E-state index in [1.54, 1.807) is 0 Å². The number of amides is 2. The number of halogens is 1. The monoisotopic (exact) mass is 431 g/mol. The Bertz CT molecular complexity index is 1090. The second kappa shape index (κ2) is 7.12. The molecule has 0 N–H and O–H groups in total. The molecule has 6 heteroatoms. The van der Waals surface area contributed by atoms with Gasteiger partial charge in [-0.2, -0.15) is 0 Å². The maximum absolute atomic E-state index is 13.6. The molecule has 2 bridgehead atoms. The quantitative estimate of drug-likeness (QED) is 0.315. The lowest BCUT2D eigenvalue weighted by atomic mass is 9.63. The first-order valence-electron chi connectivity index (χ1n) is 11.1. The average molecular weight is 431 g/mol. The predicted molar refractivity (Wildman–Crippen MR) is 113 cm³/mol. The number of hydrogen-bond acceptors (Lipinski definition) is 4. The number of carbonyl (C=O) groups is 3. The van der Waals surface area contributed by atoms with Crippen LogP contribution in [0.25, 0.3) is 0 Å². The molecule has 0 spiro atoms. The number of nitrogens with zero attached hydrogens (tertiary/aromatic N) is 1. The highest BCUT2D eigenvalue weighted by Gasteiger charge is 2.68. The maximum Gasteiger partial charge on any atom is 0.335 e. The highest BCUT2D eigenvalue weighted by atomic mass is 19.1. The largest absolute Gasteiger partial charge is 0.425 e. The predicted octanol–water partition coefficient (Wildman–Crippen LogP) is 3.40. The van der Waals surface area contributed by atoms with Crippen molar-refractivity contribution in [3.63, 3.8) is 0 Å². The molecule has 1 saturated heterocycles. The zero-order valence-corrected chi connectivity index (χ0v) is 17.3. The number of benzene rings is 2. The Hall–Kier alpha value is -3.28. The van der Waals surface area contributed by atoms with Crippen molar-refractivity contribution in [2.24, 2.45) is 35.5 Å². The van der Waals surface area contributed by atoms with Crippen LogP contribution in [-0.2, 0) is 20.8 Å². The van der Waals surface area contributed by atoms with E-state index in [9.17, 15) is 18.8 Å². The van der Waals surface area contributed by atoms with Crippen LogP contribution in [0.4, 0.5) is 4.39 Å². The van der Waals surface area contributed by atoms with Crippen molar-refractivity contribution in [3.8, 4) is 5.75 Å². The number of likely N-dealkylation sites (tertiary alicyclic amines) is 1. The van der Waals surface area contributed by atoms with E-state index in [1.165, 1.54) is 29.2 Å². The number of ether oxygens (including phenoxy) is 1. The molecule has 1 aliphatic heterocycles. The standard InChI is InChI=1S/C26H22FNO4/c27-15-6-8-16(9-7-15)32-26(31)21(12-14-4-2-1-3-5-14)28-24(29)22-17-10-11-18(20-13-19(17)20)23(22)25(28)30/h1-11,17-23H,12-13H2. The van der Waals surface area contributed by atoms with Gasteiger partial charge in [0.1, 0.15) is 17.6 Å². The minimum Gasteiger partial charge on any atom is -0.425 e. The fraction of sp³-hybridized carbons (Fsp3) is 0.346. The smallest absolute Gasteiger partial charge is 0.335 e. The fourth-order valence-corrected chi connectivity index (χ4v) is 6.09. The molecule has 7 atom stereocenters. The lowest BCUT2D eigenvalue weighted by molar-refractivity contribution is -0.153. The summed E-state index contributed by atoms with van der Waals surface area (Å²) in [6, 6.07) is 13.3. The molecule has 162 valence electrons. The highest BCUT2D eigenvalue weighted by Crippen LogP contribution is 2.65. The summed E-state index contributed by atoms with van der Waals surface area (Å²) in [4.78, 5) is 41.5. The van der Waals surface area contributed by atoms with Crippen molar-refractivity contribution in [2.45, 2.75) is 18.9 Å². The van der Waals surface area contributed by atoms with Crippen molar-refractivity contribution in [1.82, 2.24) is 4.90 Å². The SMILES string of the molecule is O=C(Oc1ccc(F)cc1)C(Cc1ccccc1)N1C(=O)C2C3C=CC(C4CC34)C2C1=O. The van der Waals surface area contributed by atoms with Gasteiger partial charge in [-0.25, -0.2) is 9.18 Å². The Balaban J connectivity index is 1.33. The second-order valence-corrected chi connectivity index (χ2v) is 9.28. The molecule has 0 radical (unpaired) electrons. The molecular formula is C26H22FNO4. The summed E-state index contributed by atoms with van der Waals surface area (Å²) in [6.45, 7) is 0. The first kappa shape index (κ1) is 19.4. The van der Waals surface area contributed by atoms with Crippen molar-refractivity contribution < 1.29 is 23.5 Å². The number of carbonyl (C=O) groups excluding carboxylic acids is 3. The lowest BCUT2D eigenvalue weighted by Crippen LogP contribution is -2.48. The van der Waals surface area contributed by atoms with Crippen LogP contribution in [0, 0.1) is 41.3 Å². The van der Waals surface area contributed by atoms with E-state index in [2.05, 4.69) is 12.2 Å². The zero-order valence-electron chi connectivity index (χ0n) is 17.3. The van der Waals surface area contributed by atoms with Gasteiger partial charge in [-0.1, -0.05) is 42.5 Å². The van der Waals surface area contributed by atoms with Gasteiger partial charge in [0.05, 0.1) is 11.8 Å². The third-order valence-corrected chi connectivity index (χ3v) is 7.58. The first-order valence-corrected chi connectivity index (χ1v) is 11.1. The van der Waals surface area contributed by atoms with Gasteiger partial charge >= 0.3 is 5.97 Å². The van der Waals surface area contributed by atoms with E-state index >= 15 is 0 Å². The third kappa shape index (κ3) is 2.93. The number of rotatable bonds is 5. The molecule has 5 aliphatic rings. The minimum absolute atomic E-state index is 0.0851. The summed E-state index contributed by atoms with van der Waals surface area (Å²) in [5, 5.41) is 0. The van der Waals surface area contributed by atoms with Crippen LogP contribution in [0.1, 0.15) is 12.0 Å². The van der Waals surface area contributed by atoms with E-state index in [0.717, 1.165) is 12.0 Å². The molecule has 4 aliphatic carbocycles. The third-order valence-electron chi connectivity index (χ3n) is 7.58. The molecule has 1 heterocycles. The van der Waals surface area contributed by atoms with E-state index < -0.39 is 17.8 Å². The van der Waals surface area contributed by atoms with Crippen LogP contribution >= 0.6 is 0 Å². The number of hydrogen-bond donors (Lipinski definition) is 0. The fourth-order valence-electron chi connectivity index (χ4n) is 6.09. The van der Waals surface area contributed by atoms with Crippen LogP contribution in [0.2, 0.25) is 0 Å². The molecule has 32 heavy (non-hydrogen) atoms. The van der Waals surface area contributed by atoms with Crippen LogP contribution < -0.4 is 4.74 Å². The highest BCUT2D eigenvalue weighted by molar-refractivity contribution is 6.09. The summed E-state index contributed by atoms with van der Waals surface area (Å²) in [7, 11) is 0. The summed E-state index contributed by atoms with van der Waals surface area (Å²) in [5.74, 6) is -1.09. The van der Waals surface area contributed by atoms with Gasteiger partial charge in [-0.3, -0.25) is 14.5 Å². The molecule has 0 aromatic heterocycles. The summed E-state index contributed by atoms with van der Waals surface area (Å²) in [5.41, 5.74) is 0.827. The molecule has 2 aromatic carbocycles. The molecule has 2 saturated carbocycles. The normalized spacial score (nSPS) is 32.5. The number of imide groups is 1. The van der Waals surface area contributed by atoms with E-state index in [0.29, 0.717) is 11.8 Å². The Kier molecular flexibility index (Phi) is 4.32. The van der Waals surface area contributed by atoms with Crippen LogP contribution in [-0.4, -0.2) is 28.7 Å². The van der Waals surface area contributed by atoms with Gasteiger partial charge in [-0.05, 0) is 59.9 Å². The van der Waals surface area contributed by atoms with Gasteiger partial charge in [-0.15, -0.1) is 0 Å². The summed E-state index contributed by atoms with van der Waals surface area (Å²) in [6.07, 6.45) is 5.47. The molecule has 2 amide bonds. The molecular weight excluding hydrogens is 409 g/mol. The van der Waals surface area contributed by atoms with Crippen molar-refractivity contribution in [1.29, 1.82) is 0 Å². The van der Waals surface area contributed by atoms with Crippen molar-refractivity contribution in [3.05, 3.63) is 78.1 Å². The lowest BCUT2D eigenvalue weighted by Gasteiger charge is -2.37. The maximum atomic E-state index is 13.6. The molecule has 5 nitrogen and oxygen atoms in total. The van der Waals surface area contributed by atoms with Gasteiger partial charge in [0.15, 0.2) is 0 Å². The van der Waals surface area contributed by atoms with Gasteiger partial charge in [0.2, 0.25) is 11.8 Å². The van der Waals surface area contributed by atoms with Crippen molar-refractivity contribution in [2.75, 3.05) is 0 Å². The molecule has 7 unspecified atom stereocenters. The van der Waals surface area contributed by atoms with Gasteiger partial charge in [0.25, 0.3) is 0 Å². The Morgan fingerprint density at radius 2 is 1.53 bits per heavy atom. The van der Waals surface area contributed by atoms with E-state index in [-0.39, 0.29) is 47.7 Å². The Labute approximate surface area is 184 Å². The Morgan fingerprint density at radius 3 is 2.12 bits per heavy atom. The molecule has 3 fully saturated rings. The second-order valence-electron chi connectivity index (χ2n) is 9.28. The first-order chi connectivity index (χ1) is 15.5. The van der Waals surface area contributed by atoms with E-state index in [1.807, 2.05) is 30.3 Å². The summed E-state index contributed by atoms with van der Waals surface area (Å²) >= 11 is 0. The average Bonchev–Trinajstić information content (AvgIpc) is 3.58. The number of esters is 1. The van der Waals surface area contributed by atoms with E-state index in [4.69, 9.17) is 4.74 Å². The molecule has 2 aromatic rings. The van der Waals surface area contributed by atoms with Crippen LogP contribution in [0.5, 0.6) is 5.75 Å². The topological polar surface area (TPSA) is 63.7 Å². The molecule has 7 rings (SSSR count). The van der Waals surface area contributed by atoms with Gasteiger partial charge < -0.3 is 4.74 Å². The zero-order chi connectivity index (χ0) is 22.0.